The van der Waals surface area contributed by atoms with Crippen LogP contribution in [-0.4, -0.2) is 26.1 Å². The summed E-state index contributed by atoms with van der Waals surface area (Å²) in [6, 6.07) is 0. The average Bonchev–Trinajstić information content (AvgIpc) is 2.62. The molecule has 0 unspecified atom stereocenters. The van der Waals surface area contributed by atoms with Crippen molar-refractivity contribution in [1.29, 1.82) is 0 Å². The average molecular weight is 191 g/mol. The van der Waals surface area contributed by atoms with Gasteiger partial charge in [0, 0.05) is 13.0 Å². The zero-order valence-corrected chi connectivity index (χ0v) is 8.36. The molecule has 5 heteroatoms. The summed E-state index contributed by atoms with van der Waals surface area (Å²) in [5, 5.41) is 11.1. The predicted molar refractivity (Wildman–Crippen MR) is 54.3 cm³/mol. The number of aromatic nitrogens is 4. The number of anilines is 1. The zero-order valence-electron chi connectivity index (χ0n) is 8.36. The van der Waals surface area contributed by atoms with Gasteiger partial charge in [-0.2, -0.15) is 5.10 Å². The normalized spacial score (nSPS) is 10.7. The third-order valence-electron chi connectivity index (χ3n) is 2.07. The van der Waals surface area contributed by atoms with Crippen LogP contribution in [0.1, 0.15) is 19.7 Å². The van der Waals surface area contributed by atoms with E-state index in [-0.39, 0.29) is 0 Å². The van der Waals surface area contributed by atoms with Crippen molar-refractivity contribution in [2.24, 2.45) is 0 Å². The minimum atomic E-state index is 0.763. The van der Waals surface area contributed by atoms with Gasteiger partial charge in [-0.25, -0.2) is 4.98 Å². The number of fused-ring (bicyclic) bond motifs is 1. The fourth-order valence-corrected chi connectivity index (χ4v) is 1.45. The first-order valence-corrected chi connectivity index (χ1v) is 4.78. The van der Waals surface area contributed by atoms with Crippen LogP contribution in [0.3, 0.4) is 0 Å². The molecule has 0 atom stereocenters. The van der Waals surface area contributed by atoms with E-state index in [1.54, 1.807) is 6.20 Å². The predicted octanol–water partition coefficient (Wildman–Crippen LogP) is 1.12. The van der Waals surface area contributed by atoms with Crippen LogP contribution in [0.15, 0.2) is 12.4 Å². The van der Waals surface area contributed by atoms with Gasteiger partial charge in [-0.3, -0.25) is 4.40 Å². The molecule has 0 radical (unpaired) electrons. The van der Waals surface area contributed by atoms with E-state index in [1.165, 1.54) is 0 Å². The number of aryl methyl sites for hydroxylation is 1. The van der Waals surface area contributed by atoms with E-state index in [0.717, 1.165) is 30.3 Å². The van der Waals surface area contributed by atoms with E-state index in [0.29, 0.717) is 0 Å². The maximum absolute atomic E-state index is 4.30. The van der Waals surface area contributed by atoms with Crippen LogP contribution in [0.2, 0.25) is 0 Å². The van der Waals surface area contributed by atoms with Crippen molar-refractivity contribution in [3.63, 3.8) is 0 Å². The van der Waals surface area contributed by atoms with Crippen molar-refractivity contribution < 1.29 is 0 Å². The quantitative estimate of drug-likeness (QED) is 0.789. The summed E-state index contributed by atoms with van der Waals surface area (Å²) in [5.74, 6) is 1.77. The van der Waals surface area contributed by atoms with Crippen LogP contribution in [0.5, 0.6) is 0 Å². The van der Waals surface area contributed by atoms with Gasteiger partial charge in [-0.15, -0.1) is 5.10 Å². The van der Waals surface area contributed by atoms with Gasteiger partial charge in [-0.05, 0) is 6.92 Å². The molecule has 2 heterocycles. The van der Waals surface area contributed by atoms with Gasteiger partial charge >= 0.3 is 0 Å². The van der Waals surface area contributed by atoms with Crippen molar-refractivity contribution in [2.75, 3.05) is 11.9 Å². The lowest BCUT2D eigenvalue weighted by Gasteiger charge is -2.05. The smallest absolute Gasteiger partial charge is 0.229 e. The van der Waals surface area contributed by atoms with Gasteiger partial charge in [0.2, 0.25) is 5.95 Å². The third kappa shape index (κ3) is 1.30. The summed E-state index contributed by atoms with van der Waals surface area (Å²) in [6.45, 7) is 4.93. The van der Waals surface area contributed by atoms with Crippen LogP contribution >= 0.6 is 0 Å². The van der Waals surface area contributed by atoms with E-state index < -0.39 is 0 Å². The Bertz CT molecular complexity index is 434. The van der Waals surface area contributed by atoms with Crippen LogP contribution < -0.4 is 5.32 Å². The summed E-state index contributed by atoms with van der Waals surface area (Å²) >= 11 is 0. The maximum Gasteiger partial charge on any atom is 0.229 e. The van der Waals surface area contributed by atoms with E-state index in [1.807, 2.05) is 17.5 Å². The van der Waals surface area contributed by atoms with Crippen molar-refractivity contribution in [1.82, 2.24) is 19.6 Å². The first-order valence-electron chi connectivity index (χ1n) is 4.78. The summed E-state index contributed by atoms with van der Waals surface area (Å²) < 4.78 is 2.00. The van der Waals surface area contributed by atoms with Gasteiger partial charge in [0.15, 0.2) is 0 Å². The van der Waals surface area contributed by atoms with Gasteiger partial charge in [0.1, 0.15) is 5.82 Å². The molecule has 2 rings (SSSR count). The van der Waals surface area contributed by atoms with E-state index in [4.69, 9.17) is 0 Å². The van der Waals surface area contributed by atoms with Crippen LogP contribution in [0.4, 0.5) is 5.95 Å². The highest BCUT2D eigenvalue weighted by Gasteiger charge is 2.06. The molecule has 0 fully saturated rings. The second-order valence-electron chi connectivity index (χ2n) is 2.99. The fourth-order valence-electron chi connectivity index (χ4n) is 1.45. The van der Waals surface area contributed by atoms with Crippen molar-refractivity contribution in [3.8, 4) is 0 Å². The molecule has 0 saturated heterocycles. The second-order valence-corrected chi connectivity index (χ2v) is 2.99. The Kier molecular flexibility index (Phi) is 2.30. The van der Waals surface area contributed by atoms with Gasteiger partial charge in [0.05, 0.1) is 17.9 Å². The maximum atomic E-state index is 4.30. The minimum Gasteiger partial charge on any atom is -0.354 e. The molecule has 2 aromatic heterocycles. The number of rotatable bonds is 3. The molecule has 5 nitrogen and oxygen atoms in total. The number of nitrogens with one attached hydrogen (secondary N) is 1. The third-order valence-corrected chi connectivity index (χ3v) is 2.07. The standard InChI is InChI=1S/C9H13N5/c1-3-8-11-5-7-6-12-13-9(10-4-2)14(7)8/h5-6H,3-4H2,1-2H3,(H,10,13). The first kappa shape index (κ1) is 8.93. The summed E-state index contributed by atoms with van der Waals surface area (Å²) in [5.41, 5.74) is 0.979. The summed E-state index contributed by atoms with van der Waals surface area (Å²) in [7, 11) is 0. The van der Waals surface area contributed by atoms with Gasteiger partial charge in [0.25, 0.3) is 0 Å². The molecule has 0 spiro atoms. The minimum absolute atomic E-state index is 0.763. The molecule has 0 aliphatic rings. The topological polar surface area (TPSA) is 55.1 Å². The first-order chi connectivity index (χ1) is 6.86. The molecule has 0 aliphatic carbocycles. The van der Waals surface area contributed by atoms with E-state index >= 15 is 0 Å². The monoisotopic (exact) mass is 191 g/mol. The second kappa shape index (κ2) is 3.61. The van der Waals surface area contributed by atoms with Crippen molar-refractivity contribution in [3.05, 3.63) is 18.2 Å². The number of nitrogens with zero attached hydrogens (tertiary/aromatic N) is 4. The van der Waals surface area contributed by atoms with Crippen LogP contribution in [0.25, 0.3) is 5.52 Å². The Morgan fingerprint density at radius 3 is 2.93 bits per heavy atom. The largest absolute Gasteiger partial charge is 0.354 e. The molecule has 1 N–H and O–H groups in total. The van der Waals surface area contributed by atoms with Crippen LogP contribution in [-0.2, 0) is 6.42 Å². The molecular formula is C9H13N5. The fraction of sp³-hybridized carbons (Fsp3) is 0.444. The van der Waals surface area contributed by atoms with Gasteiger partial charge < -0.3 is 5.32 Å². The molecule has 0 amide bonds. The Morgan fingerprint density at radius 2 is 2.21 bits per heavy atom. The molecule has 2 aromatic rings. The van der Waals surface area contributed by atoms with E-state index in [2.05, 4.69) is 27.4 Å². The Hall–Kier alpha value is -1.65. The Labute approximate surface area is 82.2 Å². The van der Waals surface area contributed by atoms with Crippen molar-refractivity contribution >= 4 is 11.5 Å². The van der Waals surface area contributed by atoms with Crippen LogP contribution in [0, 0.1) is 0 Å². The molecule has 0 bridgehead atoms. The molecule has 14 heavy (non-hydrogen) atoms. The number of hydrogen-bond acceptors (Lipinski definition) is 4. The molecule has 74 valence electrons. The Morgan fingerprint density at radius 1 is 1.36 bits per heavy atom. The number of imidazole rings is 1. The highest BCUT2D eigenvalue weighted by molar-refractivity contribution is 5.49. The molecular weight excluding hydrogens is 178 g/mol. The number of hydrogen-bond donors (Lipinski definition) is 1. The SMILES string of the molecule is CCNc1nncc2cnc(CC)n12. The van der Waals surface area contributed by atoms with E-state index in [9.17, 15) is 0 Å². The zero-order chi connectivity index (χ0) is 9.97. The summed E-state index contributed by atoms with van der Waals surface area (Å²) in [4.78, 5) is 4.30. The lowest BCUT2D eigenvalue weighted by molar-refractivity contribution is 0.872. The Balaban J connectivity index is 2.62. The highest BCUT2D eigenvalue weighted by Crippen LogP contribution is 2.11. The molecule has 0 aromatic carbocycles. The lowest BCUT2D eigenvalue weighted by Crippen LogP contribution is -2.08. The van der Waals surface area contributed by atoms with Gasteiger partial charge in [-0.1, -0.05) is 6.92 Å². The lowest BCUT2D eigenvalue weighted by atomic mass is 10.4. The summed E-state index contributed by atoms with van der Waals surface area (Å²) in [6.07, 6.45) is 4.42. The highest BCUT2D eigenvalue weighted by atomic mass is 15.3. The van der Waals surface area contributed by atoms with Crippen molar-refractivity contribution in [2.45, 2.75) is 20.3 Å². The molecule has 0 saturated carbocycles. The molecule has 0 aliphatic heterocycles.